The van der Waals surface area contributed by atoms with E-state index in [9.17, 15) is 0 Å². The standard InChI is InChI=1S/C14H23NO/c1-12(2)10-15-11-14(6-4-7-14)9-13-5-3-8-16-13/h3,5,8,12,15H,4,6-7,9-11H2,1-2H3. The maximum absolute atomic E-state index is 5.46. The molecule has 16 heavy (non-hydrogen) atoms. The van der Waals surface area contributed by atoms with Gasteiger partial charge in [0.05, 0.1) is 6.26 Å². The van der Waals surface area contributed by atoms with Crippen molar-refractivity contribution in [3.63, 3.8) is 0 Å². The van der Waals surface area contributed by atoms with Crippen LogP contribution in [-0.2, 0) is 6.42 Å². The third-order valence-corrected chi connectivity index (χ3v) is 3.60. The van der Waals surface area contributed by atoms with E-state index in [4.69, 9.17) is 4.42 Å². The summed E-state index contributed by atoms with van der Waals surface area (Å²) in [6.45, 7) is 6.78. The second-order valence-electron chi connectivity index (χ2n) is 5.63. The molecular formula is C14H23NO. The lowest BCUT2D eigenvalue weighted by atomic mass is 9.66. The molecule has 0 unspecified atom stereocenters. The lowest BCUT2D eigenvalue weighted by Gasteiger charge is -2.42. The maximum atomic E-state index is 5.46. The third-order valence-electron chi connectivity index (χ3n) is 3.60. The Labute approximate surface area is 98.4 Å². The molecule has 1 aromatic rings. The van der Waals surface area contributed by atoms with E-state index >= 15 is 0 Å². The van der Waals surface area contributed by atoms with Crippen molar-refractivity contribution in [1.82, 2.24) is 5.32 Å². The fourth-order valence-corrected chi connectivity index (χ4v) is 2.50. The molecule has 0 bridgehead atoms. The summed E-state index contributed by atoms with van der Waals surface area (Å²) in [5.74, 6) is 1.88. The molecule has 1 N–H and O–H groups in total. The Morgan fingerprint density at radius 1 is 1.44 bits per heavy atom. The van der Waals surface area contributed by atoms with Crippen molar-refractivity contribution in [2.24, 2.45) is 11.3 Å². The third kappa shape index (κ3) is 2.88. The van der Waals surface area contributed by atoms with Gasteiger partial charge in [0.25, 0.3) is 0 Å². The van der Waals surface area contributed by atoms with E-state index in [1.54, 1.807) is 6.26 Å². The first-order valence-electron chi connectivity index (χ1n) is 6.43. The van der Waals surface area contributed by atoms with Crippen LogP contribution < -0.4 is 5.32 Å². The van der Waals surface area contributed by atoms with Gasteiger partial charge in [-0.05, 0) is 42.9 Å². The Hall–Kier alpha value is -0.760. The molecule has 2 nitrogen and oxygen atoms in total. The van der Waals surface area contributed by atoms with Crippen molar-refractivity contribution >= 4 is 0 Å². The monoisotopic (exact) mass is 221 g/mol. The SMILES string of the molecule is CC(C)CNCC1(Cc2ccco2)CCC1. The molecule has 90 valence electrons. The normalized spacial score (nSPS) is 18.7. The number of rotatable bonds is 6. The highest BCUT2D eigenvalue weighted by Gasteiger charge is 2.37. The molecule has 1 aliphatic rings. The molecule has 0 aliphatic heterocycles. The van der Waals surface area contributed by atoms with Gasteiger partial charge in [-0.3, -0.25) is 0 Å². The minimum Gasteiger partial charge on any atom is -0.469 e. The van der Waals surface area contributed by atoms with Crippen molar-refractivity contribution in [2.75, 3.05) is 13.1 Å². The predicted octanol–water partition coefficient (Wildman–Crippen LogP) is 3.24. The van der Waals surface area contributed by atoms with E-state index in [2.05, 4.69) is 25.2 Å². The molecule has 1 saturated carbocycles. The van der Waals surface area contributed by atoms with Crippen LogP contribution in [0.3, 0.4) is 0 Å². The fraction of sp³-hybridized carbons (Fsp3) is 0.714. The Kier molecular flexibility index (Phi) is 3.70. The van der Waals surface area contributed by atoms with E-state index < -0.39 is 0 Å². The van der Waals surface area contributed by atoms with Gasteiger partial charge in [-0.1, -0.05) is 20.3 Å². The van der Waals surface area contributed by atoms with Crippen molar-refractivity contribution in [3.8, 4) is 0 Å². The van der Waals surface area contributed by atoms with Gasteiger partial charge in [0.1, 0.15) is 5.76 Å². The average molecular weight is 221 g/mol. The van der Waals surface area contributed by atoms with Gasteiger partial charge in [0.15, 0.2) is 0 Å². The van der Waals surface area contributed by atoms with Crippen molar-refractivity contribution < 1.29 is 4.42 Å². The minimum atomic E-state index is 0.479. The van der Waals surface area contributed by atoms with Gasteiger partial charge in [0.2, 0.25) is 0 Å². The minimum absolute atomic E-state index is 0.479. The van der Waals surface area contributed by atoms with Gasteiger partial charge in [-0.25, -0.2) is 0 Å². The van der Waals surface area contributed by atoms with E-state index in [0.29, 0.717) is 5.41 Å². The summed E-state index contributed by atoms with van der Waals surface area (Å²) in [5.41, 5.74) is 0.479. The maximum Gasteiger partial charge on any atom is 0.104 e. The summed E-state index contributed by atoms with van der Waals surface area (Å²) < 4.78 is 5.46. The van der Waals surface area contributed by atoms with Gasteiger partial charge >= 0.3 is 0 Å². The van der Waals surface area contributed by atoms with Gasteiger partial charge in [0, 0.05) is 13.0 Å². The average Bonchev–Trinajstić information content (AvgIpc) is 2.65. The van der Waals surface area contributed by atoms with Crippen LogP contribution in [0.25, 0.3) is 0 Å². The molecule has 2 rings (SSSR count). The molecule has 0 atom stereocenters. The Bertz CT molecular complexity index is 299. The zero-order chi connectivity index (χ0) is 11.4. The number of hydrogen-bond donors (Lipinski definition) is 1. The second-order valence-corrected chi connectivity index (χ2v) is 5.63. The second kappa shape index (κ2) is 5.05. The number of furan rings is 1. The molecule has 0 spiro atoms. The Morgan fingerprint density at radius 3 is 2.75 bits per heavy atom. The molecule has 0 saturated heterocycles. The molecule has 0 radical (unpaired) electrons. The van der Waals surface area contributed by atoms with Crippen LogP contribution in [0.15, 0.2) is 22.8 Å². The summed E-state index contributed by atoms with van der Waals surface area (Å²) in [6.07, 6.45) is 6.95. The zero-order valence-electron chi connectivity index (χ0n) is 10.5. The largest absolute Gasteiger partial charge is 0.469 e. The van der Waals surface area contributed by atoms with Crippen LogP contribution in [-0.4, -0.2) is 13.1 Å². The summed E-state index contributed by atoms with van der Waals surface area (Å²) in [7, 11) is 0. The summed E-state index contributed by atoms with van der Waals surface area (Å²) in [4.78, 5) is 0. The van der Waals surface area contributed by atoms with E-state index in [0.717, 1.165) is 31.2 Å². The van der Waals surface area contributed by atoms with E-state index in [1.807, 2.05) is 6.07 Å². The van der Waals surface area contributed by atoms with Crippen molar-refractivity contribution in [2.45, 2.75) is 39.5 Å². The number of hydrogen-bond acceptors (Lipinski definition) is 2. The van der Waals surface area contributed by atoms with Crippen LogP contribution in [0.1, 0.15) is 38.9 Å². The van der Waals surface area contributed by atoms with Crippen LogP contribution in [0, 0.1) is 11.3 Å². The van der Waals surface area contributed by atoms with Gasteiger partial charge in [-0.2, -0.15) is 0 Å². The van der Waals surface area contributed by atoms with Crippen LogP contribution in [0.4, 0.5) is 0 Å². The van der Waals surface area contributed by atoms with E-state index in [-0.39, 0.29) is 0 Å². The van der Waals surface area contributed by atoms with Crippen molar-refractivity contribution in [3.05, 3.63) is 24.2 Å². The predicted molar refractivity (Wildman–Crippen MR) is 66.4 cm³/mol. The fourth-order valence-electron chi connectivity index (χ4n) is 2.50. The van der Waals surface area contributed by atoms with Gasteiger partial charge in [-0.15, -0.1) is 0 Å². The lowest BCUT2D eigenvalue weighted by Crippen LogP contribution is -2.42. The molecule has 0 aromatic carbocycles. The molecular weight excluding hydrogens is 198 g/mol. The Morgan fingerprint density at radius 2 is 2.25 bits per heavy atom. The molecule has 2 heteroatoms. The quantitative estimate of drug-likeness (QED) is 0.797. The van der Waals surface area contributed by atoms with Gasteiger partial charge < -0.3 is 9.73 Å². The van der Waals surface area contributed by atoms with E-state index in [1.165, 1.54) is 19.3 Å². The van der Waals surface area contributed by atoms with Crippen LogP contribution in [0.5, 0.6) is 0 Å². The van der Waals surface area contributed by atoms with Crippen LogP contribution >= 0.6 is 0 Å². The smallest absolute Gasteiger partial charge is 0.104 e. The van der Waals surface area contributed by atoms with Crippen molar-refractivity contribution in [1.29, 1.82) is 0 Å². The Balaban J connectivity index is 1.82. The summed E-state index contributed by atoms with van der Waals surface area (Å²) >= 11 is 0. The molecule has 1 aromatic heterocycles. The molecule has 1 aliphatic carbocycles. The first kappa shape index (κ1) is 11.7. The number of nitrogens with one attached hydrogen (secondary N) is 1. The molecule has 1 heterocycles. The summed E-state index contributed by atoms with van der Waals surface area (Å²) in [6, 6.07) is 4.09. The lowest BCUT2D eigenvalue weighted by molar-refractivity contribution is 0.120. The summed E-state index contributed by atoms with van der Waals surface area (Å²) in [5, 5.41) is 3.60. The molecule has 1 fully saturated rings. The zero-order valence-corrected chi connectivity index (χ0v) is 10.5. The highest BCUT2D eigenvalue weighted by atomic mass is 16.3. The molecule has 0 amide bonds. The highest BCUT2D eigenvalue weighted by Crippen LogP contribution is 2.43. The highest BCUT2D eigenvalue weighted by molar-refractivity contribution is 5.05. The first-order chi connectivity index (χ1) is 7.70. The topological polar surface area (TPSA) is 25.2 Å². The first-order valence-corrected chi connectivity index (χ1v) is 6.43. The van der Waals surface area contributed by atoms with Crippen LogP contribution in [0.2, 0.25) is 0 Å².